The summed E-state index contributed by atoms with van der Waals surface area (Å²) in [6, 6.07) is 5.24. The summed E-state index contributed by atoms with van der Waals surface area (Å²) >= 11 is 0. The van der Waals surface area contributed by atoms with Crippen LogP contribution in [-0.4, -0.2) is 45.3 Å². The van der Waals surface area contributed by atoms with E-state index in [1.54, 1.807) is 21.7 Å². The molecule has 9 heteroatoms. The van der Waals surface area contributed by atoms with Crippen LogP contribution >= 0.6 is 0 Å². The van der Waals surface area contributed by atoms with Crippen molar-refractivity contribution in [1.82, 2.24) is 19.8 Å². The summed E-state index contributed by atoms with van der Waals surface area (Å²) in [6.07, 6.45) is 0.497. The highest BCUT2D eigenvalue weighted by Crippen LogP contribution is 2.32. The van der Waals surface area contributed by atoms with Gasteiger partial charge in [-0.05, 0) is 45.2 Å². The zero-order chi connectivity index (χ0) is 22.6. The van der Waals surface area contributed by atoms with Gasteiger partial charge < -0.3 is 19.5 Å². The Morgan fingerprint density at radius 3 is 2.68 bits per heavy atom. The second-order valence-corrected chi connectivity index (χ2v) is 8.82. The summed E-state index contributed by atoms with van der Waals surface area (Å²) in [7, 11) is 0. The number of nitrogens with one attached hydrogen (secondary N) is 1. The normalized spacial score (nSPS) is 17.0. The molecule has 1 N–H and O–H groups in total. The number of rotatable bonds is 6. The maximum Gasteiger partial charge on any atom is 0.416 e. The third kappa shape index (κ3) is 6.46. The minimum absolute atomic E-state index is 0.0136. The molecule has 0 saturated carbocycles. The maximum absolute atomic E-state index is 13.4. The Morgan fingerprint density at radius 2 is 2.03 bits per heavy atom. The monoisotopic (exact) mass is 438 g/mol. The number of halogens is 3. The first kappa shape index (κ1) is 23.1. The molecule has 1 saturated heterocycles. The maximum atomic E-state index is 13.4. The molecule has 2 heterocycles. The fraction of sp³-hybridized carbons (Fsp3) is 0.545. The molecule has 170 valence electrons. The first-order valence-corrected chi connectivity index (χ1v) is 10.4. The zero-order valence-corrected chi connectivity index (χ0v) is 18.1. The molecule has 1 aliphatic heterocycles. The number of ether oxygens (including phenoxy) is 1. The highest BCUT2D eigenvalue weighted by molar-refractivity contribution is 5.74. The van der Waals surface area contributed by atoms with Crippen LogP contribution in [0.2, 0.25) is 0 Å². The van der Waals surface area contributed by atoms with E-state index in [2.05, 4.69) is 10.3 Å². The van der Waals surface area contributed by atoms with Gasteiger partial charge in [-0.25, -0.2) is 9.78 Å². The molecule has 1 aromatic heterocycles. The van der Waals surface area contributed by atoms with Crippen molar-refractivity contribution in [3.8, 4) is 0 Å². The molecule has 2 amide bonds. The van der Waals surface area contributed by atoms with E-state index >= 15 is 0 Å². The molecule has 0 bridgehead atoms. The van der Waals surface area contributed by atoms with E-state index in [0.717, 1.165) is 18.9 Å². The number of benzene rings is 1. The molecule has 1 aliphatic rings. The lowest BCUT2D eigenvalue weighted by atomic mass is 10.1. The fourth-order valence-corrected chi connectivity index (χ4v) is 3.58. The predicted molar refractivity (Wildman–Crippen MR) is 110 cm³/mol. The van der Waals surface area contributed by atoms with E-state index < -0.39 is 17.3 Å². The standard InChI is InChI=1S/C22H29F3N4O2/c1-21(2,3)27-20(30)29(14-17-8-6-12-31-17)15-19-26-10-11-28(19)13-16-7-4-5-9-18(16)22(23,24)25/h4-5,7,9-11,17H,6,8,12-15H2,1-3H3,(H,27,30). The van der Waals surface area contributed by atoms with E-state index in [1.165, 1.54) is 18.3 Å². The summed E-state index contributed by atoms with van der Waals surface area (Å²) in [5.74, 6) is 0.513. The van der Waals surface area contributed by atoms with E-state index in [-0.39, 0.29) is 30.8 Å². The average molecular weight is 438 g/mol. The molecule has 1 fully saturated rings. The van der Waals surface area contributed by atoms with Crippen LogP contribution in [0.1, 0.15) is 50.6 Å². The number of hydrogen-bond acceptors (Lipinski definition) is 3. The summed E-state index contributed by atoms with van der Waals surface area (Å²) in [4.78, 5) is 18.8. The summed E-state index contributed by atoms with van der Waals surface area (Å²) < 4.78 is 47.5. The molecular weight excluding hydrogens is 409 g/mol. The van der Waals surface area contributed by atoms with Crippen molar-refractivity contribution in [3.05, 3.63) is 53.6 Å². The van der Waals surface area contributed by atoms with E-state index in [4.69, 9.17) is 4.74 Å². The van der Waals surface area contributed by atoms with Crippen LogP contribution in [-0.2, 0) is 24.0 Å². The smallest absolute Gasteiger partial charge is 0.376 e. The lowest BCUT2D eigenvalue weighted by molar-refractivity contribution is -0.138. The molecule has 0 spiro atoms. The Morgan fingerprint density at radius 1 is 1.29 bits per heavy atom. The van der Waals surface area contributed by atoms with Crippen LogP contribution in [0.4, 0.5) is 18.0 Å². The SMILES string of the molecule is CC(C)(C)NC(=O)N(Cc1nccn1Cc1ccccc1C(F)(F)F)CC1CCCO1. The molecule has 31 heavy (non-hydrogen) atoms. The van der Waals surface area contributed by atoms with Gasteiger partial charge in [0.2, 0.25) is 0 Å². The molecule has 6 nitrogen and oxygen atoms in total. The molecule has 2 aromatic rings. The van der Waals surface area contributed by atoms with Crippen LogP contribution in [0, 0.1) is 0 Å². The number of carbonyl (C=O) groups excluding carboxylic acids is 1. The van der Waals surface area contributed by atoms with Crippen LogP contribution in [0.3, 0.4) is 0 Å². The number of alkyl halides is 3. The van der Waals surface area contributed by atoms with Crippen molar-refractivity contribution in [3.63, 3.8) is 0 Å². The van der Waals surface area contributed by atoms with Gasteiger partial charge in [0, 0.05) is 37.6 Å². The van der Waals surface area contributed by atoms with Crippen molar-refractivity contribution in [2.24, 2.45) is 0 Å². The Balaban J connectivity index is 1.80. The van der Waals surface area contributed by atoms with E-state index in [0.29, 0.717) is 19.0 Å². The lowest BCUT2D eigenvalue weighted by Crippen LogP contribution is -2.50. The molecule has 0 radical (unpaired) electrons. The summed E-state index contributed by atoms with van der Waals surface area (Å²) in [6.45, 7) is 6.93. The molecule has 3 rings (SSSR count). The second kappa shape index (κ2) is 9.30. The average Bonchev–Trinajstić information content (AvgIpc) is 3.32. The quantitative estimate of drug-likeness (QED) is 0.726. The van der Waals surface area contributed by atoms with E-state index in [9.17, 15) is 18.0 Å². The van der Waals surface area contributed by atoms with Crippen molar-refractivity contribution in [2.75, 3.05) is 13.2 Å². The van der Waals surface area contributed by atoms with Crippen molar-refractivity contribution in [2.45, 2.75) is 64.5 Å². The molecule has 1 aromatic carbocycles. The van der Waals surface area contributed by atoms with Gasteiger partial charge in [-0.3, -0.25) is 0 Å². The van der Waals surface area contributed by atoms with Gasteiger partial charge in [0.05, 0.1) is 18.2 Å². The minimum Gasteiger partial charge on any atom is -0.376 e. The van der Waals surface area contributed by atoms with Gasteiger partial charge >= 0.3 is 12.2 Å². The summed E-state index contributed by atoms with van der Waals surface area (Å²) in [5.41, 5.74) is -0.942. The second-order valence-electron chi connectivity index (χ2n) is 8.82. The van der Waals surface area contributed by atoms with Gasteiger partial charge in [0.1, 0.15) is 5.82 Å². The Bertz CT molecular complexity index is 883. The van der Waals surface area contributed by atoms with Crippen LogP contribution < -0.4 is 5.32 Å². The molecule has 1 unspecified atom stereocenters. The molecule has 1 atom stereocenters. The lowest BCUT2D eigenvalue weighted by Gasteiger charge is -2.30. The Hall–Kier alpha value is -2.55. The third-order valence-corrected chi connectivity index (χ3v) is 5.01. The van der Waals surface area contributed by atoms with Gasteiger partial charge in [-0.15, -0.1) is 0 Å². The molecule has 0 aliphatic carbocycles. The third-order valence-electron chi connectivity index (χ3n) is 5.01. The van der Waals surface area contributed by atoms with Crippen LogP contribution in [0.15, 0.2) is 36.7 Å². The van der Waals surface area contributed by atoms with Gasteiger partial charge in [-0.2, -0.15) is 13.2 Å². The molecular formula is C22H29F3N4O2. The number of aromatic nitrogens is 2. The van der Waals surface area contributed by atoms with Crippen molar-refractivity contribution < 1.29 is 22.7 Å². The predicted octanol–water partition coefficient (Wildman–Crippen LogP) is 4.44. The van der Waals surface area contributed by atoms with Crippen LogP contribution in [0.25, 0.3) is 0 Å². The van der Waals surface area contributed by atoms with Crippen LogP contribution in [0.5, 0.6) is 0 Å². The largest absolute Gasteiger partial charge is 0.416 e. The number of imidazole rings is 1. The number of amides is 2. The highest BCUT2D eigenvalue weighted by atomic mass is 19.4. The van der Waals surface area contributed by atoms with Gasteiger partial charge in [0.25, 0.3) is 0 Å². The van der Waals surface area contributed by atoms with E-state index in [1.807, 2.05) is 20.8 Å². The minimum atomic E-state index is -4.43. The topological polar surface area (TPSA) is 59.4 Å². The Kier molecular flexibility index (Phi) is 6.93. The van der Waals surface area contributed by atoms with Crippen molar-refractivity contribution >= 4 is 6.03 Å². The number of urea groups is 1. The number of hydrogen-bond donors (Lipinski definition) is 1. The fourth-order valence-electron chi connectivity index (χ4n) is 3.58. The first-order valence-electron chi connectivity index (χ1n) is 10.4. The van der Waals surface area contributed by atoms with Crippen molar-refractivity contribution in [1.29, 1.82) is 0 Å². The zero-order valence-electron chi connectivity index (χ0n) is 18.1. The highest BCUT2D eigenvalue weighted by Gasteiger charge is 2.33. The number of nitrogens with zero attached hydrogens (tertiary/aromatic N) is 3. The summed E-state index contributed by atoms with van der Waals surface area (Å²) in [5, 5.41) is 2.95. The number of carbonyl (C=O) groups is 1. The van der Waals surface area contributed by atoms with Gasteiger partial charge in [0.15, 0.2) is 0 Å². The Labute approximate surface area is 180 Å². The van der Waals surface area contributed by atoms with Gasteiger partial charge in [-0.1, -0.05) is 18.2 Å². The first-order chi connectivity index (χ1) is 14.5.